The third kappa shape index (κ3) is 1.93. The highest BCUT2D eigenvalue weighted by atomic mass is 32.1. The lowest BCUT2D eigenvalue weighted by atomic mass is 10.1. The molecule has 1 aromatic rings. The number of piperidine rings is 1. The summed E-state index contributed by atoms with van der Waals surface area (Å²) in [7, 11) is 0. The Morgan fingerprint density at radius 3 is 2.60 bits per heavy atom. The van der Waals surface area contributed by atoms with Crippen molar-refractivity contribution in [2.24, 2.45) is 17.3 Å². The Balaban J connectivity index is 1.66. The summed E-state index contributed by atoms with van der Waals surface area (Å²) in [4.78, 5) is 31.1. The molecule has 20 heavy (non-hydrogen) atoms. The van der Waals surface area contributed by atoms with Gasteiger partial charge in [0.05, 0.1) is 18.4 Å². The van der Waals surface area contributed by atoms with Gasteiger partial charge in [-0.15, -0.1) is 11.3 Å². The average molecular weight is 293 g/mol. The number of hydrogen-bond acceptors (Lipinski definition) is 5. The minimum absolute atomic E-state index is 0.0125. The van der Waals surface area contributed by atoms with Gasteiger partial charge >= 0.3 is 0 Å². The minimum atomic E-state index is -0.133. The van der Waals surface area contributed by atoms with E-state index < -0.39 is 0 Å². The molecule has 2 unspecified atom stereocenters. The molecule has 1 aromatic heterocycles. The van der Waals surface area contributed by atoms with Gasteiger partial charge in [-0.3, -0.25) is 14.5 Å². The van der Waals surface area contributed by atoms with Crippen LogP contribution in [-0.4, -0.2) is 28.2 Å². The van der Waals surface area contributed by atoms with Crippen LogP contribution in [0.5, 0.6) is 0 Å². The largest absolute Gasteiger partial charge is 0.362 e. The number of nitrogens with one attached hydrogen (secondary N) is 1. The maximum Gasteiger partial charge on any atom is 0.234 e. The van der Waals surface area contributed by atoms with Crippen LogP contribution in [-0.2, 0) is 16.1 Å². The van der Waals surface area contributed by atoms with Gasteiger partial charge in [-0.1, -0.05) is 20.8 Å². The summed E-state index contributed by atoms with van der Waals surface area (Å²) in [6.07, 6.45) is 2.79. The predicted octanol–water partition coefficient (Wildman–Crippen LogP) is 2.11. The second-order valence-electron chi connectivity index (χ2n) is 6.10. The molecule has 1 aliphatic heterocycles. The van der Waals surface area contributed by atoms with E-state index in [9.17, 15) is 9.59 Å². The second kappa shape index (κ2) is 4.55. The van der Waals surface area contributed by atoms with E-state index >= 15 is 0 Å². The third-order valence-electron chi connectivity index (χ3n) is 4.29. The summed E-state index contributed by atoms with van der Waals surface area (Å²) >= 11 is 1.51. The molecular weight excluding hydrogens is 274 g/mol. The number of thiazole rings is 1. The van der Waals surface area contributed by atoms with Crippen LogP contribution in [0.25, 0.3) is 0 Å². The standard InChI is InChI=1S/C14H19N3O2S/c1-4-5-15-13-16-6-8(20-13)7-17-11(18)9-10(12(17)19)14(9,2)3/h6,9-10H,4-5,7H2,1-3H3,(H,15,16). The molecule has 0 aromatic carbocycles. The van der Waals surface area contributed by atoms with Crippen molar-refractivity contribution in [2.75, 3.05) is 11.9 Å². The molecule has 3 rings (SSSR count). The zero-order valence-electron chi connectivity index (χ0n) is 12.0. The van der Waals surface area contributed by atoms with Gasteiger partial charge in [0.1, 0.15) is 0 Å². The van der Waals surface area contributed by atoms with Crippen molar-refractivity contribution in [1.82, 2.24) is 9.88 Å². The Kier molecular flexibility index (Phi) is 3.08. The number of amides is 2. The van der Waals surface area contributed by atoms with E-state index in [1.54, 1.807) is 6.20 Å². The number of likely N-dealkylation sites (tertiary alicyclic amines) is 1. The molecule has 108 valence electrons. The lowest BCUT2D eigenvalue weighted by molar-refractivity contribution is -0.143. The Labute approximate surface area is 122 Å². The van der Waals surface area contributed by atoms with Gasteiger partial charge in [0.2, 0.25) is 11.8 Å². The van der Waals surface area contributed by atoms with Gasteiger partial charge in [0.25, 0.3) is 0 Å². The first-order valence-corrected chi connectivity index (χ1v) is 7.82. The fourth-order valence-electron chi connectivity index (χ4n) is 3.01. The van der Waals surface area contributed by atoms with Crippen molar-refractivity contribution in [1.29, 1.82) is 0 Å². The van der Waals surface area contributed by atoms with Crippen molar-refractivity contribution < 1.29 is 9.59 Å². The van der Waals surface area contributed by atoms with Crippen LogP contribution in [0.4, 0.5) is 5.13 Å². The molecule has 2 atom stereocenters. The Morgan fingerprint density at radius 1 is 1.35 bits per heavy atom. The Hall–Kier alpha value is -1.43. The fraction of sp³-hybridized carbons (Fsp3) is 0.643. The topological polar surface area (TPSA) is 62.3 Å². The molecule has 1 saturated heterocycles. The minimum Gasteiger partial charge on any atom is -0.362 e. The number of aromatic nitrogens is 1. The van der Waals surface area contributed by atoms with Crippen LogP contribution in [0.3, 0.4) is 0 Å². The van der Waals surface area contributed by atoms with Gasteiger partial charge < -0.3 is 5.32 Å². The van der Waals surface area contributed by atoms with Gasteiger partial charge in [-0.2, -0.15) is 0 Å². The van der Waals surface area contributed by atoms with E-state index in [2.05, 4.69) is 17.2 Å². The van der Waals surface area contributed by atoms with E-state index in [-0.39, 0.29) is 29.1 Å². The van der Waals surface area contributed by atoms with Crippen LogP contribution in [0.15, 0.2) is 6.20 Å². The quantitative estimate of drug-likeness (QED) is 0.845. The molecule has 2 aliphatic rings. The molecule has 1 N–H and O–H groups in total. The first-order valence-electron chi connectivity index (χ1n) is 7.00. The van der Waals surface area contributed by atoms with E-state index in [4.69, 9.17) is 0 Å². The smallest absolute Gasteiger partial charge is 0.234 e. The molecule has 0 spiro atoms. The van der Waals surface area contributed by atoms with Gasteiger partial charge in [-0.05, 0) is 11.8 Å². The second-order valence-corrected chi connectivity index (χ2v) is 7.21. The van der Waals surface area contributed by atoms with Crippen LogP contribution in [0.1, 0.15) is 32.1 Å². The first-order chi connectivity index (χ1) is 9.46. The number of fused-ring (bicyclic) bond motifs is 1. The van der Waals surface area contributed by atoms with Gasteiger partial charge in [0, 0.05) is 17.6 Å². The van der Waals surface area contributed by atoms with Crippen molar-refractivity contribution in [2.45, 2.75) is 33.7 Å². The zero-order chi connectivity index (χ0) is 14.5. The number of rotatable bonds is 5. The van der Waals surface area contributed by atoms with E-state index in [0.29, 0.717) is 6.54 Å². The van der Waals surface area contributed by atoms with Crippen LogP contribution < -0.4 is 5.32 Å². The lowest BCUT2D eigenvalue weighted by Gasteiger charge is -2.19. The highest BCUT2D eigenvalue weighted by Gasteiger charge is 2.72. The number of nitrogens with zero attached hydrogens (tertiary/aromatic N) is 2. The summed E-state index contributed by atoms with van der Waals surface area (Å²) in [6.45, 7) is 7.33. The van der Waals surface area contributed by atoms with Crippen molar-refractivity contribution in [3.8, 4) is 0 Å². The molecule has 2 fully saturated rings. The normalized spacial score (nSPS) is 26.9. The maximum absolute atomic E-state index is 12.2. The molecule has 2 heterocycles. The zero-order valence-corrected chi connectivity index (χ0v) is 12.8. The first kappa shape index (κ1) is 13.5. The summed E-state index contributed by atoms with van der Waals surface area (Å²) in [5.74, 6) is -0.218. The number of anilines is 1. The highest BCUT2D eigenvalue weighted by Crippen LogP contribution is 2.63. The van der Waals surface area contributed by atoms with Crippen LogP contribution >= 0.6 is 11.3 Å². The number of hydrogen-bond donors (Lipinski definition) is 1. The van der Waals surface area contributed by atoms with Crippen LogP contribution in [0, 0.1) is 17.3 Å². The molecule has 0 bridgehead atoms. The van der Waals surface area contributed by atoms with E-state index in [0.717, 1.165) is 23.0 Å². The number of imide groups is 1. The van der Waals surface area contributed by atoms with E-state index in [1.165, 1.54) is 16.2 Å². The summed E-state index contributed by atoms with van der Waals surface area (Å²) < 4.78 is 0. The predicted molar refractivity (Wildman–Crippen MR) is 77.2 cm³/mol. The Morgan fingerprint density at radius 2 is 2.00 bits per heavy atom. The number of carbonyl (C=O) groups is 2. The maximum atomic E-state index is 12.2. The Bertz CT molecular complexity index is 543. The highest BCUT2D eigenvalue weighted by molar-refractivity contribution is 7.15. The fourth-order valence-corrected chi connectivity index (χ4v) is 3.84. The molecule has 6 heteroatoms. The van der Waals surface area contributed by atoms with Crippen molar-refractivity contribution >= 4 is 28.3 Å². The monoisotopic (exact) mass is 293 g/mol. The average Bonchev–Trinajstić information content (AvgIpc) is 2.72. The molecule has 1 saturated carbocycles. The van der Waals surface area contributed by atoms with Gasteiger partial charge in [-0.25, -0.2) is 4.98 Å². The number of carbonyl (C=O) groups excluding carboxylic acids is 2. The lowest BCUT2D eigenvalue weighted by Crippen LogP contribution is -2.35. The molecule has 1 aliphatic carbocycles. The summed E-state index contributed by atoms with van der Waals surface area (Å²) in [6, 6.07) is 0. The molecule has 2 amide bonds. The molecule has 5 nitrogen and oxygen atoms in total. The summed E-state index contributed by atoms with van der Waals surface area (Å²) in [5, 5.41) is 4.06. The van der Waals surface area contributed by atoms with Crippen LogP contribution in [0.2, 0.25) is 0 Å². The third-order valence-corrected chi connectivity index (χ3v) is 5.23. The summed E-state index contributed by atoms with van der Waals surface area (Å²) in [5.41, 5.74) is -0.133. The molecular formula is C14H19N3O2S. The van der Waals surface area contributed by atoms with Gasteiger partial charge in [0.15, 0.2) is 5.13 Å². The van der Waals surface area contributed by atoms with E-state index in [1.807, 2.05) is 13.8 Å². The van der Waals surface area contributed by atoms with Crippen molar-refractivity contribution in [3.63, 3.8) is 0 Å². The van der Waals surface area contributed by atoms with Crippen molar-refractivity contribution in [3.05, 3.63) is 11.1 Å². The molecule has 0 radical (unpaired) electrons. The SMILES string of the molecule is CCCNc1ncc(CN2C(=O)C3C(C2=O)C3(C)C)s1.